The number of thiocarbonyl (C=S) groups is 1. The Bertz CT molecular complexity index is 1180. The molecule has 2 rings (SSSR count). The van der Waals surface area contributed by atoms with Crippen LogP contribution in [0.1, 0.15) is 34.8 Å². The molecule has 0 amide bonds. The van der Waals surface area contributed by atoms with Gasteiger partial charge in [0.2, 0.25) is 0 Å². The van der Waals surface area contributed by atoms with Crippen LogP contribution in [0.3, 0.4) is 0 Å². The third kappa shape index (κ3) is 8.94. The molecule has 0 spiro atoms. The average Bonchev–Trinajstić information content (AvgIpc) is 2.78. The molecule has 0 aliphatic rings. The van der Waals surface area contributed by atoms with Crippen molar-refractivity contribution < 1.29 is 43.7 Å². The number of hydrogen-bond donors (Lipinski definition) is 1. The fourth-order valence-corrected chi connectivity index (χ4v) is 2.95. The zero-order chi connectivity index (χ0) is 26.8. The molecule has 2 aromatic carbocycles. The van der Waals surface area contributed by atoms with Gasteiger partial charge in [-0.15, -0.1) is 20.2 Å². The summed E-state index contributed by atoms with van der Waals surface area (Å²) in [6.07, 6.45) is -2.50. The second-order valence-electron chi connectivity index (χ2n) is 7.14. The Balaban J connectivity index is 2.25. The monoisotopic (exact) mass is 521 g/mol. The summed E-state index contributed by atoms with van der Waals surface area (Å²) < 4.78 is 10.5. The average molecular weight is 521 g/mol. The molecule has 0 aliphatic heterocycles. The molecule has 0 aliphatic carbocycles. The number of rotatable bonds is 13. The lowest BCUT2D eigenvalue weighted by molar-refractivity contribution is -0.789. The highest BCUT2D eigenvalue weighted by molar-refractivity contribution is 7.80. The first-order chi connectivity index (χ1) is 16.9. The molecule has 2 N–H and O–H groups in total. The van der Waals surface area contributed by atoms with E-state index in [1.54, 1.807) is 0 Å². The van der Waals surface area contributed by atoms with Gasteiger partial charge in [-0.05, 0) is 48.9 Å². The van der Waals surface area contributed by atoms with E-state index in [1.807, 2.05) is 0 Å². The molecule has 36 heavy (non-hydrogen) atoms. The van der Waals surface area contributed by atoms with E-state index in [-0.39, 0.29) is 34.3 Å². The first kappa shape index (κ1) is 27.6. The van der Waals surface area contributed by atoms with Crippen molar-refractivity contribution >= 4 is 34.9 Å². The number of ketones is 1. The molecule has 190 valence electrons. The highest BCUT2D eigenvalue weighted by Crippen LogP contribution is 2.24. The summed E-state index contributed by atoms with van der Waals surface area (Å²) in [5.74, 6) is -2.43. The van der Waals surface area contributed by atoms with Crippen LogP contribution in [0.4, 0.5) is 0 Å². The second kappa shape index (κ2) is 12.7. The van der Waals surface area contributed by atoms with E-state index < -0.39 is 41.2 Å². The predicted molar refractivity (Wildman–Crippen MR) is 123 cm³/mol. The van der Waals surface area contributed by atoms with Crippen LogP contribution in [0.2, 0.25) is 0 Å². The molecule has 15 heteroatoms. The summed E-state index contributed by atoms with van der Waals surface area (Å²) in [7, 11) is 0. The number of esters is 2. The number of benzene rings is 2. The molecule has 0 saturated carbocycles. The van der Waals surface area contributed by atoms with E-state index in [0.717, 1.165) is 0 Å². The van der Waals surface area contributed by atoms with Crippen molar-refractivity contribution in [2.24, 2.45) is 5.73 Å². The molecule has 0 bridgehead atoms. The number of carbonyl (C=O) groups is 3. The maximum absolute atomic E-state index is 12.9. The van der Waals surface area contributed by atoms with Crippen LogP contribution in [0.25, 0.3) is 0 Å². The lowest BCUT2D eigenvalue weighted by atomic mass is 10.1. The van der Waals surface area contributed by atoms with E-state index in [1.165, 1.54) is 49.4 Å². The number of nitrogens with zero attached hydrogens (tertiary/aromatic N) is 2. The van der Waals surface area contributed by atoms with Gasteiger partial charge in [-0.2, -0.15) is 0 Å². The van der Waals surface area contributed by atoms with E-state index >= 15 is 0 Å². The molecule has 1 atom stereocenters. The molecule has 0 aromatic heterocycles. The highest BCUT2D eigenvalue weighted by atomic mass is 32.1. The molecule has 14 nitrogen and oxygen atoms in total. The summed E-state index contributed by atoms with van der Waals surface area (Å²) in [5.41, 5.74) is 6.27. The topological polar surface area (TPSA) is 200 Å². The Hall–Kier alpha value is -4.66. The van der Waals surface area contributed by atoms with Gasteiger partial charge in [0, 0.05) is 12.0 Å². The van der Waals surface area contributed by atoms with Gasteiger partial charge in [-0.3, -0.25) is 9.59 Å². The van der Waals surface area contributed by atoms with Gasteiger partial charge in [-0.1, -0.05) is 18.3 Å². The van der Waals surface area contributed by atoms with Gasteiger partial charge in [-0.25, -0.2) is 4.79 Å². The van der Waals surface area contributed by atoms with Crippen molar-refractivity contribution in [2.75, 3.05) is 6.61 Å². The Kier molecular flexibility index (Phi) is 9.73. The number of nitrogens with two attached hydrogens (primary N) is 1. The molecule has 0 heterocycles. The van der Waals surface area contributed by atoms with Crippen molar-refractivity contribution in [3.63, 3.8) is 0 Å². The minimum Gasteiger partial charge on any atom is -0.426 e. The van der Waals surface area contributed by atoms with Crippen molar-refractivity contribution in [3.05, 3.63) is 79.4 Å². The third-order valence-corrected chi connectivity index (χ3v) is 4.52. The van der Waals surface area contributed by atoms with E-state index in [9.17, 15) is 34.6 Å². The Labute approximate surface area is 208 Å². The van der Waals surface area contributed by atoms with Crippen LogP contribution in [-0.4, -0.2) is 45.6 Å². The van der Waals surface area contributed by atoms with Crippen LogP contribution in [0.5, 0.6) is 11.5 Å². The van der Waals surface area contributed by atoms with Crippen LogP contribution in [0, 0.1) is 20.2 Å². The predicted octanol–water partition coefficient (Wildman–Crippen LogP) is 1.75. The molecular weight excluding hydrogens is 502 g/mol. The highest BCUT2D eigenvalue weighted by Gasteiger charge is 2.24. The Morgan fingerprint density at radius 1 is 1.03 bits per heavy atom. The van der Waals surface area contributed by atoms with Gasteiger partial charge < -0.3 is 24.9 Å². The van der Waals surface area contributed by atoms with Crippen LogP contribution in [0.15, 0.2) is 42.5 Å². The first-order valence-electron chi connectivity index (χ1n) is 9.98. The van der Waals surface area contributed by atoms with Crippen LogP contribution >= 0.6 is 12.2 Å². The summed E-state index contributed by atoms with van der Waals surface area (Å²) in [4.78, 5) is 66.0. The summed E-state index contributed by atoms with van der Waals surface area (Å²) in [6, 6.07) is 9.88. The van der Waals surface area contributed by atoms with Gasteiger partial charge in [0.1, 0.15) is 40.5 Å². The SMILES string of the molecule is CC(=O)Cc1ccc(OC(=O)CC(CO[N+](=O)[O-])O[N+](=O)[O-])c(C(=O)Oc2ccc(C(N)=S)cc2)c1. The summed E-state index contributed by atoms with van der Waals surface area (Å²) in [6.45, 7) is 0.426. The van der Waals surface area contributed by atoms with E-state index in [4.69, 9.17) is 27.4 Å². The van der Waals surface area contributed by atoms with Crippen molar-refractivity contribution in [2.45, 2.75) is 25.9 Å². The number of carbonyl (C=O) groups excluding carboxylic acids is 3. The lowest BCUT2D eigenvalue weighted by Crippen LogP contribution is -2.29. The Morgan fingerprint density at radius 3 is 2.25 bits per heavy atom. The van der Waals surface area contributed by atoms with Crippen LogP contribution in [-0.2, 0) is 25.7 Å². The van der Waals surface area contributed by atoms with E-state index in [0.29, 0.717) is 11.1 Å². The smallest absolute Gasteiger partial charge is 0.347 e. The minimum atomic E-state index is -1.66. The second-order valence-corrected chi connectivity index (χ2v) is 7.58. The molecule has 0 fully saturated rings. The molecule has 0 radical (unpaired) electrons. The maximum atomic E-state index is 12.9. The normalized spacial score (nSPS) is 11.0. The van der Waals surface area contributed by atoms with Crippen molar-refractivity contribution in [1.82, 2.24) is 0 Å². The third-order valence-electron chi connectivity index (χ3n) is 4.29. The van der Waals surface area contributed by atoms with Gasteiger partial charge >= 0.3 is 11.9 Å². The van der Waals surface area contributed by atoms with E-state index in [2.05, 4.69) is 9.68 Å². The molecule has 1 unspecified atom stereocenters. The van der Waals surface area contributed by atoms with Gasteiger partial charge in [0.15, 0.2) is 0 Å². The maximum Gasteiger partial charge on any atom is 0.347 e. The number of hydrogen-bond acceptors (Lipinski definition) is 12. The minimum absolute atomic E-state index is 0.0197. The zero-order valence-electron chi connectivity index (χ0n) is 18.6. The first-order valence-corrected chi connectivity index (χ1v) is 10.4. The number of ether oxygens (including phenoxy) is 2. The Morgan fingerprint density at radius 2 is 1.69 bits per heavy atom. The van der Waals surface area contributed by atoms with Gasteiger partial charge in [0.05, 0.1) is 6.42 Å². The summed E-state index contributed by atoms with van der Waals surface area (Å²) >= 11 is 4.86. The van der Waals surface area contributed by atoms with Crippen molar-refractivity contribution in [3.8, 4) is 11.5 Å². The molecular formula is C21H19N3O11S. The molecule has 0 saturated heterocycles. The molecule has 2 aromatic rings. The van der Waals surface area contributed by atoms with Crippen molar-refractivity contribution in [1.29, 1.82) is 0 Å². The summed E-state index contributed by atoms with van der Waals surface area (Å²) in [5, 5.41) is 18.5. The standard InChI is InChI=1S/C21H19N3O11S/c1-12(25)8-13-2-7-18(34-19(26)10-16(35-24(30)31)11-32-23(28)29)17(9-13)21(27)33-15-5-3-14(4-6-15)20(22)36/h2-7,9,16H,8,10-11H2,1H3,(H2,22,36). The fraction of sp³-hybridized carbons (Fsp3) is 0.238. The number of Topliss-reactive ketones (excluding diaryl/α,β-unsaturated/α-hetero) is 1. The van der Waals surface area contributed by atoms with Crippen LogP contribution < -0.4 is 15.2 Å². The quantitative estimate of drug-likeness (QED) is 0.131. The lowest BCUT2D eigenvalue weighted by Gasteiger charge is -2.15. The fourth-order valence-electron chi connectivity index (χ4n) is 2.81. The van der Waals surface area contributed by atoms with Gasteiger partial charge in [0.25, 0.3) is 10.2 Å². The zero-order valence-corrected chi connectivity index (χ0v) is 19.4. The largest absolute Gasteiger partial charge is 0.426 e.